The van der Waals surface area contributed by atoms with Crippen LogP contribution in [0.3, 0.4) is 0 Å². The summed E-state index contributed by atoms with van der Waals surface area (Å²) in [6, 6.07) is 0. The van der Waals surface area contributed by atoms with Crippen molar-refractivity contribution in [3.63, 3.8) is 0 Å². The molecule has 0 rings (SSSR count). The van der Waals surface area contributed by atoms with E-state index in [2.05, 4.69) is 4.74 Å². The molecule has 0 aromatic carbocycles. The first-order valence-electron chi connectivity index (χ1n) is 5.60. The number of carbonyl (C=O) groups excluding carboxylic acids is 1. The topological polar surface area (TPSA) is 101 Å². The Morgan fingerprint density at radius 2 is 1.89 bits per heavy atom. The second kappa shape index (κ2) is 8.04. The van der Waals surface area contributed by atoms with E-state index in [0.717, 1.165) is 4.31 Å². The summed E-state index contributed by atoms with van der Waals surface area (Å²) in [7, 11) is -2.27. The second-order valence-electron chi connectivity index (χ2n) is 3.63. The zero-order valence-corrected chi connectivity index (χ0v) is 11.4. The van der Waals surface area contributed by atoms with Gasteiger partial charge in [0.1, 0.15) is 0 Å². The summed E-state index contributed by atoms with van der Waals surface area (Å²) in [5.41, 5.74) is 0. The molecule has 0 aliphatic carbocycles. The van der Waals surface area contributed by atoms with Gasteiger partial charge in [-0.3, -0.25) is 9.59 Å². The van der Waals surface area contributed by atoms with Crippen molar-refractivity contribution in [2.24, 2.45) is 0 Å². The number of carboxylic acids is 1. The van der Waals surface area contributed by atoms with Crippen molar-refractivity contribution in [3.8, 4) is 0 Å². The number of rotatable bonds is 9. The standard InChI is InChI=1S/C10H19NO6S/c1-3-11(7-6-9(12)13)18(15,16)8-4-5-10(14)17-2/h3-8H2,1-2H3,(H,12,13). The van der Waals surface area contributed by atoms with Gasteiger partial charge in [-0.2, -0.15) is 0 Å². The Bertz CT molecular complexity index is 378. The van der Waals surface area contributed by atoms with Crippen LogP contribution < -0.4 is 0 Å². The van der Waals surface area contributed by atoms with Gasteiger partial charge in [-0.1, -0.05) is 6.92 Å². The van der Waals surface area contributed by atoms with Gasteiger partial charge < -0.3 is 9.84 Å². The highest BCUT2D eigenvalue weighted by molar-refractivity contribution is 7.89. The van der Waals surface area contributed by atoms with Gasteiger partial charge >= 0.3 is 11.9 Å². The van der Waals surface area contributed by atoms with E-state index < -0.39 is 22.0 Å². The molecule has 0 amide bonds. The van der Waals surface area contributed by atoms with Crippen LogP contribution in [-0.2, 0) is 24.3 Å². The average molecular weight is 281 g/mol. The molecule has 18 heavy (non-hydrogen) atoms. The van der Waals surface area contributed by atoms with Crippen molar-refractivity contribution >= 4 is 22.0 Å². The van der Waals surface area contributed by atoms with Crippen LogP contribution in [-0.4, -0.2) is 55.7 Å². The molecule has 8 heteroatoms. The van der Waals surface area contributed by atoms with Crippen LogP contribution in [0.25, 0.3) is 0 Å². The summed E-state index contributed by atoms with van der Waals surface area (Å²) in [5, 5.41) is 8.52. The van der Waals surface area contributed by atoms with E-state index in [1.54, 1.807) is 6.92 Å². The average Bonchev–Trinajstić information content (AvgIpc) is 2.28. The summed E-state index contributed by atoms with van der Waals surface area (Å²) in [5.74, 6) is -1.69. The minimum atomic E-state index is -3.51. The maximum Gasteiger partial charge on any atom is 0.305 e. The van der Waals surface area contributed by atoms with E-state index >= 15 is 0 Å². The van der Waals surface area contributed by atoms with Gasteiger partial charge in [0.05, 0.1) is 19.3 Å². The number of nitrogens with zero attached hydrogens (tertiary/aromatic N) is 1. The van der Waals surface area contributed by atoms with Crippen molar-refractivity contribution in [2.75, 3.05) is 26.0 Å². The van der Waals surface area contributed by atoms with E-state index in [4.69, 9.17) is 5.11 Å². The van der Waals surface area contributed by atoms with E-state index in [1.165, 1.54) is 7.11 Å². The van der Waals surface area contributed by atoms with Crippen LogP contribution in [0.1, 0.15) is 26.2 Å². The first-order chi connectivity index (χ1) is 8.33. The fourth-order valence-electron chi connectivity index (χ4n) is 1.34. The molecule has 0 aromatic rings. The van der Waals surface area contributed by atoms with Gasteiger partial charge in [0.25, 0.3) is 0 Å². The molecule has 7 nitrogen and oxygen atoms in total. The molecular formula is C10H19NO6S. The third-order valence-corrected chi connectivity index (χ3v) is 4.36. The molecule has 0 heterocycles. The zero-order chi connectivity index (χ0) is 14.2. The normalized spacial score (nSPS) is 11.5. The van der Waals surface area contributed by atoms with Crippen LogP contribution in [0, 0.1) is 0 Å². The van der Waals surface area contributed by atoms with Crippen molar-refractivity contribution in [1.82, 2.24) is 4.31 Å². The van der Waals surface area contributed by atoms with Crippen LogP contribution in [0.2, 0.25) is 0 Å². The Kier molecular flexibility index (Phi) is 7.53. The molecule has 0 unspecified atom stereocenters. The minimum Gasteiger partial charge on any atom is -0.481 e. The van der Waals surface area contributed by atoms with Crippen LogP contribution in [0.15, 0.2) is 0 Å². The lowest BCUT2D eigenvalue weighted by Crippen LogP contribution is -2.34. The van der Waals surface area contributed by atoms with Gasteiger partial charge in [0, 0.05) is 19.5 Å². The van der Waals surface area contributed by atoms with Gasteiger partial charge in [-0.05, 0) is 6.42 Å². The Labute approximate surface area is 107 Å². The van der Waals surface area contributed by atoms with Crippen LogP contribution in [0.4, 0.5) is 0 Å². The SMILES string of the molecule is CCN(CCC(=O)O)S(=O)(=O)CCCC(=O)OC. The smallest absolute Gasteiger partial charge is 0.305 e. The molecule has 0 radical (unpaired) electrons. The maximum atomic E-state index is 11.8. The summed E-state index contributed by atoms with van der Waals surface area (Å²) in [6.45, 7) is 1.81. The predicted molar refractivity (Wildman–Crippen MR) is 64.5 cm³/mol. The Morgan fingerprint density at radius 3 is 2.33 bits per heavy atom. The fourth-order valence-corrected chi connectivity index (χ4v) is 2.87. The summed E-state index contributed by atoms with van der Waals surface area (Å²) < 4.78 is 29.2. The van der Waals surface area contributed by atoms with E-state index in [9.17, 15) is 18.0 Å². The molecule has 0 fully saturated rings. The Balaban J connectivity index is 4.30. The summed E-state index contributed by atoms with van der Waals surface area (Å²) in [6.07, 6.45) is -0.0329. The molecule has 0 spiro atoms. The number of carboxylic acid groups (broad SMARTS) is 1. The highest BCUT2D eigenvalue weighted by Crippen LogP contribution is 2.06. The highest BCUT2D eigenvalue weighted by atomic mass is 32.2. The number of hydrogen-bond donors (Lipinski definition) is 1. The number of sulfonamides is 1. The molecule has 0 aliphatic heterocycles. The lowest BCUT2D eigenvalue weighted by molar-refractivity contribution is -0.140. The predicted octanol–water partition coefficient (Wildman–Crippen LogP) is 0.0660. The van der Waals surface area contributed by atoms with Gasteiger partial charge in [-0.15, -0.1) is 0 Å². The quantitative estimate of drug-likeness (QED) is 0.600. The monoisotopic (exact) mass is 281 g/mol. The van der Waals surface area contributed by atoms with Gasteiger partial charge in [0.15, 0.2) is 0 Å². The molecule has 0 aliphatic rings. The van der Waals surface area contributed by atoms with Crippen LogP contribution >= 0.6 is 0 Å². The first kappa shape index (κ1) is 16.9. The van der Waals surface area contributed by atoms with Crippen LogP contribution in [0.5, 0.6) is 0 Å². The molecule has 106 valence electrons. The molecule has 0 aromatic heterocycles. The molecule has 0 atom stereocenters. The fraction of sp³-hybridized carbons (Fsp3) is 0.800. The largest absolute Gasteiger partial charge is 0.481 e. The third kappa shape index (κ3) is 6.55. The van der Waals surface area contributed by atoms with E-state index in [-0.39, 0.29) is 38.1 Å². The molecule has 0 saturated carbocycles. The summed E-state index contributed by atoms with van der Waals surface area (Å²) >= 11 is 0. The Hall–Kier alpha value is -1.15. The van der Waals surface area contributed by atoms with Crippen molar-refractivity contribution < 1.29 is 27.9 Å². The molecule has 0 saturated heterocycles. The van der Waals surface area contributed by atoms with Crippen molar-refractivity contribution in [3.05, 3.63) is 0 Å². The number of aliphatic carboxylic acids is 1. The number of methoxy groups -OCH3 is 1. The molecule has 1 N–H and O–H groups in total. The number of hydrogen-bond acceptors (Lipinski definition) is 5. The molecular weight excluding hydrogens is 262 g/mol. The molecule has 0 bridgehead atoms. The summed E-state index contributed by atoms with van der Waals surface area (Å²) in [4.78, 5) is 21.2. The van der Waals surface area contributed by atoms with Gasteiger partial charge in [0.2, 0.25) is 10.0 Å². The van der Waals surface area contributed by atoms with E-state index in [1.807, 2.05) is 0 Å². The second-order valence-corrected chi connectivity index (χ2v) is 5.72. The first-order valence-corrected chi connectivity index (χ1v) is 7.20. The Morgan fingerprint density at radius 1 is 1.28 bits per heavy atom. The third-order valence-electron chi connectivity index (χ3n) is 2.33. The minimum absolute atomic E-state index is 0.0339. The highest BCUT2D eigenvalue weighted by Gasteiger charge is 2.21. The lowest BCUT2D eigenvalue weighted by atomic mass is 10.3. The van der Waals surface area contributed by atoms with Crippen molar-refractivity contribution in [2.45, 2.75) is 26.2 Å². The lowest BCUT2D eigenvalue weighted by Gasteiger charge is -2.19. The zero-order valence-electron chi connectivity index (χ0n) is 10.6. The van der Waals surface area contributed by atoms with Gasteiger partial charge in [-0.25, -0.2) is 12.7 Å². The maximum absolute atomic E-state index is 11.8. The number of ether oxygens (including phenoxy) is 1. The number of esters is 1. The number of carbonyl (C=O) groups is 2. The van der Waals surface area contributed by atoms with Crippen molar-refractivity contribution in [1.29, 1.82) is 0 Å². The van der Waals surface area contributed by atoms with E-state index in [0.29, 0.717) is 0 Å².